The van der Waals surface area contributed by atoms with Gasteiger partial charge in [0.1, 0.15) is 0 Å². The van der Waals surface area contributed by atoms with E-state index in [1.54, 1.807) is 0 Å². The Morgan fingerprint density at radius 1 is 0.704 bits per heavy atom. The minimum absolute atomic E-state index is 0.345. The predicted octanol–water partition coefficient (Wildman–Crippen LogP) is 6.28. The van der Waals surface area contributed by atoms with Gasteiger partial charge < -0.3 is 16.2 Å². The van der Waals surface area contributed by atoms with Crippen LogP contribution >= 0.6 is 0 Å². The van der Waals surface area contributed by atoms with E-state index in [0.717, 1.165) is 38.9 Å². The van der Waals surface area contributed by atoms with Crippen LogP contribution in [0.25, 0.3) is 0 Å². The van der Waals surface area contributed by atoms with Gasteiger partial charge >= 0.3 is 5.97 Å². The number of nitrogens with two attached hydrogens (primary N) is 1. The van der Waals surface area contributed by atoms with Gasteiger partial charge in [0.25, 0.3) is 0 Å². The fourth-order valence-corrected chi connectivity index (χ4v) is 3.05. The first-order chi connectivity index (χ1) is 13.2. The van der Waals surface area contributed by atoms with Gasteiger partial charge in [-0.15, -0.1) is 0 Å². The van der Waals surface area contributed by atoms with E-state index in [1.165, 1.54) is 83.5 Å². The molecule has 0 fully saturated rings. The molecule has 0 unspecified atom stereocenters. The molecule has 0 aromatic heterocycles. The van der Waals surface area contributed by atoms with Crippen molar-refractivity contribution in [2.75, 3.05) is 19.6 Å². The van der Waals surface area contributed by atoms with Crippen LogP contribution in [0.3, 0.4) is 0 Å². The Labute approximate surface area is 170 Å². The Balaban J connectivity index is 0. The van der Waals surface area contributed by atoms with E-state index >= 15 is 0 Å². The fraction of sp³-hybridized carbons (Fsp3) is 0.957. The van der Waals surface area contributed by atoms with Crippen molar-refractivity contribution in [1.82, 2.24) is 5.32 Å². The first kappa shape index (κ1) is 28.6. The summed E-state index contributed by atoms with van der Waals surface area (Å²) in [6, 6.07) is 0. The van der Waals surface area contributed by atoms with Gasteiger partial charge in [0.2, 0.25) is 0 Å². The summed E-state index contributed by atoms with van der Waals surface area (Å²) in [6.07, 6.45) is 21.3. The van der Waals surface area contributed by atoms with E-state index in [-0.39, 0.29) is 0 Å². The Morgan fingerprint density at radius 2 is 1.11 bits per heavy atom. The lowest BCUT2D eigenvalue weighted by Crippen LogP contribution is -2.17. The summed E-state index contributed by atoms with van der Waals surface area (Å²) in [5.41, 5.74) is 5.23. The summed E-state index contributed by atoms with van der Waals surface area (Å²) >= 11 is 0. The monoisotopic (exact) mass is 386 g/mol. The van der Waals surface area contributed by atoms with Crippen LogP contribution in [0.1, 0.15) is 123 Å². The molecule has 0 spiro atoms. The molecule has 0 radical (unpaired) electrons. The summed E-state index contributed by atoms with van der Waals surface area (Å²) in [7, 11) is 0. The van der Waals surface area contributed by atoms with Gasteiger partial charge in [-0.05, 0) is 32.5 Å². The maximum atomic E-state index is 10.3. The molecule has 0 heterocycles. The van der Waals surface area contributed by atoms with Gasteiger partial charge in [-0.1, -0.05) is 104 Å². The minimum atomic E-state index is -0.653. The van der Waals surface area contributed by atoms with Crippen molar-refractivity contribution in [3.05, 3.63) is 0 Å². The Kier molecular flexibility index (Phi) is 29.2. The molecule has 0 aromatic rings. The Hall–Kier alpha value is -0.610. The van der Waals surface area contributed by atoms with Gasteiger partial charge in [-0.3, -0.25) is 4.79 Å². The molecule has 0 aromatic carbocycles. The lowest BCUT2D eigenvalue weighted by atomic mass is 10.0. The maximum absolute atomic E-state index is 10.3. The molecule has 4 nitrogen and oxygen atoms in total. The van der Waals surface area contributed by atoms with Crippen molar-refractivity contribution in [3.8, 4) is 0 Å². The van der Waals surface area contributed by atoms with Crippen LogP contribution in [0.5, 0.6) is 0 Å². The number of hydrogen-bond acceptors (Lipinski definition) is 3. The van der Waals surface area contributed by atoms with E-state index in [9.17, 15) is 4.79 Å². The molecule has 164 valence electrons. The molecule has 0 aliphatic carbocycles. The molecular formula is C23H50N2O2. The van der Waals surface area contributed by atoms with E-state index in [4.69, 9.17) is 10.8 Å². The van der Waals surface area contributed by atoms with E-state index in [0.29, 0.717) is 6.42 Å². The van der Waals surface area contributed by atoms with Crippen LogP contribution in [0.15, 0.2) is 0 Å². The zero-order chi connectivity index (χ0) is 20.4. The zero-order valence-corrected chi connectivity index (χ0v) is 18.6. The van der Waals surface area contributed by atoms with E-state index in [2.05, 4.69) is 19.2 Å². The number of nitrogens with one attached hydrogen (secondary N) is 1. The third-order valence-electron chi connectivity index (χ3n) is 4.80. The molecule has 0 aliphatic heterocycles. The number of unbranched alkanes of at least 4 members (excludes halogenated alkanes) is 14. The largest absolute Gasteiger partial charge is 0.481 e. The Morgan fingerprint density at radius 3 is 1.44 bits per heavy atom. The van der Waals surface area contributed by atoms with Crippen molar-refractivity contribution in [3.63, 3.8) is 0 Å². The highest BCUT2D eigenvalue weighted by Crippen LogP contribution is 2.13. The number of carboxylic acid groups (broad SMARTS) is 1. The van der Waals surface area contributed by atoms with Crippen molar-refractivity contribution < 1.29 is 9.90 Å². The van der Waals surface area contributed by atoms with E-state index < -0.39 is 5.97 Å². The number of hydrogen-bond donors (Lipinski definition) is 3. The van der Waals surface area contributed by atoms with Crippen LogP contribution in [0.4, 0.5) is 0 Å². The van der Waals surface area contributed by atoms with Crippen LogP contribution < -0.4 is 11.1 Å². The topological polar surface area (TPSA) is 75.3 Å². The second kappa shape index (κ2) is 27.6. The summed E-state index contributed by atoms with van der Waals surface area (Å²) in [4.78, 5) is 10.3. The highest BCUT2D eigenvalue weighted by atomic mass is 16.4. The Bertz CT molecular complexity index is 269. The average molecular weight is 387 g/mol. The zero-order valence-electron chi connectivity index (χ0n) is 18.6. The lowest BCUT2D eigenvalue weighted by Gasteiger charge is -2.03. The fourth-order valence-electron chi connectivity index (χ4n) is 3.05. The number of rotatable bonds is 20. The molecule has 0 aliphatic rings. The standard InChI is InChI=1S/C18H36O2.C5H14N2/c1-2-3-4-5-6-7-8-9-10-11-12-13-14-15-16-17-18(19)20;1-2-7-5-3-4-6/h2-17H2,1H3,(H,19,20);7H,2-6H2,1H3. The van der Waals surface area contributed by atoms with Crippen molar-refractivity contribution in [2.45, 2.75) is 123 Å². The predicted molar refractivity (Wildman–Crippen MR) is 119 cm³/mol. The van der Waals surface area contributed by atoms with Crippen LogP contribution in [-0.2, 0) is 4.79 Å². The summed E-state index contributed by atoms with van der Waals surface area (Å²) in [5.74, 6) is -0.653. The highest BCUT2D eigenvalue weighted by molar-refractivity contribution is 5.66. The quantitative estimate of drug-likeness (QED) is 0.215. The average Bonchev–Trinajstić information content (AvgIpc) is 2.65. The maximum Gasteiger partial charge on any atom is 0.303 e. The lowest BCUT2D eigenvalue weighted by molar-refractivity contribution is -0.137. The smallest absolute Gasteiger partial charge is 0.303 e. The second-order valence-electron chi connectivity index (χ2n) is 7.59. The molecule has 4 N–H and O–H groups in total. The number of carboxylic acids is 1. The third-order valence-corrected chi connectivity index (χ3v) is 4.80. The van der Waals surface area contributed by atoms with Crippen LogP contribution in [0, 0.1) is 0 Å². The minimum Gasteiger partial charge on any atom is -0.481 e. The summed E-state index contributed by atoms with van der Waals surface area (Å²) < 4.78 is 0. The molecule has 0 amide bonds. The molecule has 4 heteroatoms. The number of aliphatic carboxylic acids is 1. The van der Waals surface area contributed by atoms with Crippen molar-refractivity contribution in [1.29, 1.82) is 0 Å². The van der Waals surface area contributed by atoms with Gasteiger partial charge in [-0.2, -0.15) is 0 Å². The first-order valence-electron chi connectivity index (χ1n) is 11.8. The van der Waals surface area contributed by atoms with Gasteiger partial charge in [0.05, 0.1) is 0 Å². The van der Waals surface area contributed by atoms with Crippen LogP contribution in [-0.4, -0.2) is 30.7 Å². The molecule has 0 atom stereocenters. The first-order valence-corrected chi connectivity index (χ1v) is 11.8. The van der Waals surface area contributed by atoms with Gasteiger partial charge in [0.15, 0.2) is 0 Å². The van der Waals surface area contributed by atoms with Crippen molar-refractivity contribution >= 4 is 5.97 Å². The molecule has 0 saturated heterocycles. The molecule has 0 saturated carbocycles. The number of carbonyl (C=O) groups is 1. The van der Waals surface area contributed by atoms with E-state index in [1.807, 2.05) is 0 Å². The van der Waals surface area contributed by atoms with Gasteiger partial charge in [-0.25, -0.2) is 0 Å². The van der Waals surface area contributed by atoms with Crippen molar-refractivity contribution in [2.24, 2.45) is 5.73 Å². The molecule has 0 bridgehead atoms. The summed E-state index contributed by atoms with van der Waals surface area (Å²) in [5, 5.41) is 11.7. The summed E-state index contributed by atoms with van der Waals surface area (Å²) in [6.45, 7) is 7.28. The SMILES string of the molecule is CCCCCCCCCCCCCCCCCC(=O)O.CCNCCCN. The molecule has 27 heavy (non-hydrogen) atoms. The van der Waals surface area contributed by atoms with Gasteiger partial charge in [0, 0.05) is 6.42 Å². The third kappa shape index (κ3) is 33.4. The second-order valence-corrected chi connectivity index (χ2v) is 7.59. The molecule has 0 rings (SSSR count). The van der Waals surface area contributed by atoms with Crippen LogP contribution in [0.2, 0.25) is 0 Å². The molecular weight excluding hydrogens is 336 g/mol. The normalized spacial score (nSPS) is 10.5. The highest BCUT2D eigenvalue weighted by Gasteiger charge is 1.97.